The van der Waals surface area contributed by atoms with Crippen LogP contribution in [0.2, 0.25) is 0 Å². The summed E-state index contributed by atoms with van der Waals surface area (Å²) in [5.74, 6) is -1.24. The molecule has 3 amide bonds. The number of anilines is 1. The third-order valence-electron chi connectivity index (χ3n) is 6.97. The van der Waals surface area contributed by atoms with Gasteiger partial charge in [-0.3, -0.25) is 19.2 Å². The fraction of sp³-hybridized carbons (Fsp3) is 0.500. The zero-order chi connectivity index (χ0) is 35.8. The number of nitrogens with two attached hydrogens (primary N) is 1. The number of nitrogens with one attached hydrogen (secondary N) is 4. The van der Waals surface area contributed by atoms with Crippen LogP contribution in [0.1, 0.15) is 77.6 Å². The van der Waals surface area contributed by atoms with Crippen LogP contribution in [-0.4, -0.2) is 72.6 Å². The molecule has 0 heterocycles. The highest BCUT2D eigenvalue weighted by Crippen LogP contribution is 2.18. The molecule has 0 fully saturated rings. The molecule has 0 saturated heterocycles. The van der Waals surface area contributed by atoms with Gasteiger partial charge < -0.3 is 36.5 Å². The molecule has 0 aromatic heterocycles. The summed E-state index contributed by atoms with van der Waals surface area (Å²) in [5.41, 5.74) is 6.77. The molecule has 1 atom stereocenters. The number of ether oxygens (including phenoxy) is 2. The molecule has 13 heteroatoms. The van der Waals surface area contributed by atoms with Crippen LogP contribution in [0.15, 0.2) is 65.6 Å². The Morgan fingerprint density at radius 2 is 1.70 bits per heavy atom. The summed E-state index contributed by atoms with van der Waals surface area (Å²) in [4.78, 5) is 54.6. The summed E-state index contributed by atoms with van der Waals surface area (Å²) in [7, 11) is 1.65. The van der Waals surface area contributed by atoms with Gasteiger partial charge in [0.25, 0.3) is 11.8 Å². The Kier molecular flexibility index (Phi) is 17.2. The quantitative estimate of drug-likeness (QED) is 0.0840. The van der Waals surface area contributed by atoms with E-state index >= 15 is 0 Å². The smallest absolute Gasteiger partial charge is 0.275 e. The molecule has 1 rings (SSSR count). The van der Waals surface area contributed by atoms with E-state index in [-0.39, 0.29) is 42.4 Å². The molecule has 0 radical (unpaired) electrons. The molecule has 6 N–H and O–H groups in total. The van der Waals surface area contributed by atoms with Gasteiger partial charge in [-0.1, -0.05) is 19.2 Å². The number of amides is 3. The van der Waals surface area contributed by atoms with Gasteiger partial charge >= 0.3 is 0 Å². The van der Waals surface area contributed by atoms with Gasteiger partial charge in [0, 0.05) is 43.5 Å². The van der Waals surface area contributed by atoms with E-state index in [4.69, 9.17) is 15.2 Å². The number of hydrogen-bond acceptors (Lipinski definition) is 9. The van der Waals surface area contributed by atoms with Gasteiger partial charge in [-0.25, -0.2) is 4.99 Å². The predicted octanol–water partition coefficient (Wildman–Crippen LogP) is 4.02. The van der Waals surface area contributed by atoms with Crippen LogP contribution in [0.4, 0.5) is 5.69 Å². The van der Waals surface area contributed by atoms with E-state index in [2.05, 4.69) is 52.0 Å². The predicted molar refractivity (Wildman–Crippen MR) is 190 cm³/mol. The first-order chi connectivity index (χ1) is 21.9. The van der Waals surface area contributed by atoms with Crippen molar-refractivity contribution in [2.45, 2.75) is 84.4 Å². The minimum absolute atomic E-state index is 0.000759. The van der Waals surface area contributed by atoms with Crippen molar-refractivity contribution in [2.75, 3.05) is 32.2 Å². The Balaban J connectivity index is 2.71. The summed E-state index contributed by atoms with van der Waals surface area (Å²) in [6.45, 7) is 19.9. The third kappa shape index (κ3) is 16.4. The molecule has 0 aliphatic carbocycles. The van der Waals surface area contributed by atoms with Crippen molar-refractivity contribution in [3.05, 3.63) is 66.2 Å². The number of thiol groups is 1. The molecule has 0 bridgehead atoms. The molecule has 0 aliphatic rings. The first-order valence-electron chi connectivity index (χ1n) is 15.4. The highest BCUT2D eigenvalue weighted by Gasteiger charge is 2.25. The number of hydrogen-bond donors (Lipinski definition) is 6. The van der Waals surface area contributed by atoms with Crippen molar-refractivity contribution in [2.24, 2.45) is 10.7 Å². The average Bonchev–Trinajstić information content (AvgIpc) is 2.97. The summed E-state index contributed by atoms with van der Waals surface area (Å²) in [6.07, 6.45) is 3.20. The van der Waals surface area contributed by atoms with E-state index in [0.29, 0.717) is 42.2 Å². The van der Waals surface area contributed by atoms with Gasteiger partial charge in [-0.15, -0.1) is 12.6 Å². The number of benzene rings is 1. The standard InChI is InChI=1S/C34H52N6O6S/c1-10-25(38-29(22(2)3)31(43)37-23(4)35)21-36-26-13-11-24(12-14-26)30(42)39-27(32(44)47)15-16-28(41)40-33(5,6)17-20-46-34(7,8)18-19-45-9/h10-14,27,36H,2,4,15-21,35H2,1,3,5-9H3,(H,37,43)(H,39,42)(H,40,41)(H,44,47)/b25-10-,38-29?. The fourth-order valence-corrected chi connectivity index (χ4v) is 4.30. The van der Waals surface area contributed by atoms with Gasteiger partial charge in [0.15, 0.2) is 0 Å². The Labute approximate surface area is 284 Å². The largest absolute Gasteiger partial charge is 0.386 e. The molecule has 1 unspecified atom stereocenters. The van der Waals surface area contributed by atoms with Crippen LogP contribution in [-0.2, 0) is 23.9 Å². The fourth-order valence-electron chi connectivity index (χ4n) is 4.11. The van der Waals surface area contributed by atoms with Gasteiger partial charge in [-0.2, -0.15) is 0 Å². The van der Waals surface area contributed by atoms with Crippen molar-refractivity contribution < 1.29 is 28.7 Å². The zero-order valence-electron chi connectivity index (χ0n) is 28.7. The van der Waals surface area contributed by atoms with E-state index in [0.717, 1.165) is 6.42 Å². The van der Waals surface area contributed by atoms with Crippen LogP contribution in [0.3, 0.4) is 0 Å². The van der Waals surface area contributed by atoms with Crippen molar-refractivity contribution in [1.29, 1.82) is 0 Å². The summed E-state index contributed by atoms with van der Waals surface area (Å²) in [5, 5.41) is 10.7. The molecule has 0 saturated carbocycles. The maximum Gasteiger partial charge on any atom is 0.275 e. The molecule has 12 nitrogen and oxygen atoms in total. The third-order valence-corrected chi connectivity index (χ3v) is 7.28. The second-order valence-electron chi connectivity index (χ2n) is 12.4. The van der Waals surface area contributed by atoms with Crippen molar-refractivity contribution in [3.8, 4) is 0 Å². The number of rotatable bonds is 21. The normalized spacial score (nSPS) is 12.9. The maximum atomic E-state index is 12.9. The highest BCUT2D eigenvalue weighted by molar-refractivity contribution is 7.96. The second kappa shape index (κ2) is 19.7. The van der Waals surface area contributed by atoms with Crippen LogP contribution < -0.4 is 27.0 Å². The number of methoxy groups -OCH3 is 1. The maximum absolute atomic E-state index is 12.9. The SMILES string of the molecule is C=C(N)NC(=O)C(=N/C(=C\C)CNc1ccc(C(=O)NC(CCC(=O)NC(C)(C)CCOC(C)(C)CCOC)C(=O)S)cc1)C(=C)C. The number of aliphatic imine (C=N–C) groups is 1. The lowest BCUT2D eigenvalue weighted by atomic mass is 10.00. The summed E-state index contributed by atoms with van der Waals surface area (Å²) < 4.78 is 11.1. The molecule has 47 heavy (non-hydrogen) atoms. The minimum atomic E-state index is -0.950. The highest BCUT2D eigenvalue weighted by atomic mass is 32.1. The Morgan fingerprint density at radius 1 is 1.06 bits per heavy atom. The number of allylic oxidation sites excluding steroid dienone is 1. The lowest BCUT2D eigenvalue weighted by Gasteiger charge is -2.30. The van der Waals surface area contributed by atoms with E-state index in [9.17, 15) is 19.2 Å². The van der Waals surface area contributed by atoms with Gasteiger partial charge in [-0.05, 0) is 90.6 Å². The monoisotopic (exact) mass is 672 g/mol. The van der Waals surface area contributed by atoms with Crippen LogP contribution >= 0.6 is 12.6 Å². The van der Waals surface area contributed by atoms with Gasteiger partial charge in [0.05, 0.1) is 29.7 Å². The van der Waals surface area contributed by atoms with E-state index in [1.165, 1.54) is 0 Å². The molecule has 1 aromatic carbocycles. The zero-order valence-corrected chi connectivity index (χ0v) is 29.6. The van der Waals surface area contributed by atoms with Gasteiger partial charge in [0.1, 0.15) is 5.71 Å². The van der Waals surface area contributed by atoms with E-state index in [1.54, 1.807) is 51.3 Å². The van der Waals surface area contributed by atoms with Crippen molar-refractivity contribution in [3.63, 3.8) is 0 Å². The lowest BCUT2D eigenvalue weighted by Crippen LogP contribution is -2.46. The van der Waals surface area contributed by atoms with E-state index in [1.807, 2.05) is 27.7 Å². The van der Waals surface area contributed by atoms with Crippen LogP contribution in [0.25, 0.3) is 0 Å². The Hall–Kier alpha value is -3.94. The Bertz CT molecular complexity index is 1340. The molecule has 0 aliphatic heterocycles. The summed E-state index contributed by atoms with van der Waals surface area (Å²) in [6, 6.07) is 5.65. The molecule has 1 aromatic rings. The first-order valence-corrected chi connectivity index (χ1v) is 15.8. The molecule has 0 spiro atoms. The van der Waals surface area contributed by atoms with Gasteiger partial charge in [0.2, 0.25) is 11.0 Å². The van der Waals surface area contributed by atoms with Crippen LogP contribution in [0.5, 0.6) is 0 Å². The molecule has 260 valence electrons. The van der Waals surface area contributed by atoms with Crippen molar-refractivity contribution in [1.82, 2.24) is 16.0 Å². The Morgan fingerprint density at radius 3 is 2.23 bits per heavy atom. The van der Waals surface area contributed by atoms with Crippen molar-refractivity contribution >= 4 is 46.9 Å². The first kappa shape index (κ1) is 41.1. The number of nitrogens with zero attached hydrogens (tertiary/aromatic N) is 1. The average molecular weight is 673 g/mol. The minimum Gasteiger partial charge on any atom is -0.386 e. The molecular formula is C34H52N6O6S. The van der Waals surface area contributed by atoms with E-state index < -0.39 is 28.5 Å². The lowest BCUT2D eigenvalue weighted by molar-refractivity contribution is -0.123. The number of carbonyl (C=O) groups is 4. The second-order valence-corrected chi connectivity index (χ2v) is 12.8. The molecular weight excluding hydrogens is 620 g/mol. The number of carbonyl (C=O) groups excluding carboxylic acids is 4. The van der Waals surface area contributed by atoms with Crippen LogP contribution in [0, 0.1) is 0 Å². The summed E-state index contributed by atoms with van der Waals surface area (Å²) >= 11 is 3.93. The topological polar surface area (TPSA) is 173 Å².